The van der Waals surface area contributed by atoms with E-state index in [0.29, 0.717) is 5.96 Å². The van der Waals surface area contributed by atoms with Crippen LogP contribution in [0.25, 0.3) is 0 Å². The lowest BCUT2D eigenvalue weighted by atomic mass is 9.68. The zero-order valence-electron chi connectivity index (χ0n) is 11.7. The number of aliphatic imine (C=N–C) groups is 1. The van der Waals surface area contributed by atoms with Gasteiger partial charge in [-0.3, -0.25) is 4.99 Å². The number of thiophene rings is 1. The van der Waals surface area contributed by atoms with E-state index in [4.69, 9.17) is 5.73 Å². The first kappa shape index (κ1) is 14.9. The van der Waals surface area contributed by atoms with Gasteiger partial charge in [-0.15, -0.1) is 11.3 Å². The first-order valence-corrected chi connectivity index (χ1v) is 8.53. The van der Waals surface area contributed by atoms with Gasteiger partial charge in [-0.2, -0.15) is 0 Å². The molecule has 0 saturated heterocycles. The van der Waals surface area contributed by atoms with E-state index in [1.165, 1.54) is 27.9 Å². The van der Waals surface area contributed by atoms with Gasteiger partial charge in [0.1, 0.15) is 0 Å². The second kappa shape index (κ2) is 6.27. The Morgan fingerprint density at radius 2 is 2.11 bits per heavy atom. The van der Waals surface area contributed by atoms with Gasteiger partial charge in [-0.05, 0) is 54.8 Å². The first-order valence-electron chi connectivity index (χ1n) is 6.92. The molecule has 2 rings (SSSR count). The Morgan fingerprint density at radius 3 is 2.53 bits per heavy atom. The van der Waals surface area contributed by atoms with Crippen molar-refractivity contribution in [2.45, 2.75) is 38.5 Å². The Balaban J connectivity index is 2.09. The summed E-state index contributed by atoms with van der Waals surface area (Å²) in [5.74, 6) is 0.687. The second-order valence-electron chi connectivity index (χ2n) is 5.08. The molecule has 1 aromatic heterocycles. The largest absolute Gasteiger partial charge is 0.370 e. The standard InChI is InChI=1S/C14H22BrN3S/c1-3-18(4-2)13(16)17-10-14(8-5-9-14)11-6-7-12(15)19-11/h6-7H,3-5,8-10H2,1-2H3,(H2,16,17). The molecule has 1 heterocycles. The summed E-state index contributed by atoms with van der Waals surface area (Å²) >= 11 is 5.39. The van der Waals surface area contributed by atoms with Crippen LogP contribution in [0.1, 0.15) is 38.0 Å². The zero-order chi connectivity index (χ0) is 13.9. The molecule has 0 aromatic carbocycles. The van der Waals surface area contributed by atoms with Crippen LogP contribution >= 0.6 is 27.3 Å². The fraction of sp³-hybridized carbons (Fsp3) is 0.643. The summed E-state index contributed by atoms with van der Waals surface area (Å²) in [5, 5.41) is 0. The van der Waals surface area contributed by atoms with Gasteiger partial charge in [0.15, 0.2) is 5.96 Å². The highest BCUT2D eigenvalue weighted by molar-refractivity contribution is 9.11. The molecule has 0 unspecified atom stereocenters. The van der Waals surface area contributed by atoms with Gasteiger partial charge >= 0.3 is 0 Å². The van der Waals surface area contributed by atoms with Crippen molar-refractivity contribution in [1.29, 1.82) is 0 Å². The Kier molecular flexibility index (Phi) is 4.90. The number of nitrogens with zero attached hydrogens (tertiary/aromatic N) is 2. The van der Waals surface area contributed by atoms with Crippen molar-refractivity contribution in [3.63, 3.8) is 0 Å². The number of nitrogens with two attached hydrogens (primary N) is 1. The van der Waals surface area contributed by atoms with Crippen LogP contribution < -0.4 is 5.73 Å². The number of halogens is 1. The summed E-state index contributed by atoms with van der Waals surface area (Å²) in [5.41, 5.74) is 6.32. The molecule has 106 valence electrons. The molecule has 3 nitrogen and oxygen atoms in total. The van der Waals surface area contributed by atoms with Crippen LogP contribution in [-0.2, 0) is 5.41 Å². The molecule has 0 amide bonds. The van der Waals surface area contributed by atoms with Gasteiger partial charge < -0.3 is 10.6 Å². The lowest BCUT2D eigenvalue weighted by molar-refractivity contribution is 0.258. The molecule has 0 bridgehead atoms. The topological polar surface area (TPSA) is 41.6 Å². The third-order valence-corrected chi connectivity index (χ3v) is 5.91. The Labute approximate surface area is 128 Å². The van der Waals surface area contributed by atoms with E-state index in [0.717, 1.165) is 19.6 Å². The van der Waals surface area contributed by atoms with Crippen LogP contribution in [0.5, 0.6) is 0 Å². The minimum atomic E-state index is 0.245. The minimum Gasteiger partial charge on any atom is -0.370 e. The van der Waals surface area contributed by atoms with E-state index in [1.807, 2.05) is 11.3 Å². The Bertz CT molecular complexity index is 447. The van der Waals surface area contributed by atoms with Gasteiger partial charge in [-0.1, -0.05) is 6.42 Å². The van der Waals surface area contributed by atoms with Crippen LogP contribution in [0, 0.1) is 0 Å². The van der Waals surface area contributed by atoms with Crippen LogP contribution in [0.4, 0.5) is 0 Å². The molecule has 0 spiro atoms. The molecule has 2 N–H and O–H groups in total. The van der Waals surface area contributed by atoms with Gasteiger partial charge in [0.2, 0.25) is 0 Å². The zero-order valence-corrected chi connectivity index (χ0v) is 14.1. The van der Waals surface area contributed by atoms with Crippen LogP contribution in [0.3, 0.4) is 0 Å². The third kappa shape index (κ3) is 3.14. The molecule has 0 radical (unpaired) electrons. The van der Waals surface area contributed by atoms with Crippen LogP contribution in [0.2, 0.25) is 0 Å². The highest BCUT2D eigenvalue weighted by Gasteiger charge is 2.39. The maximum atomic E-state index is 6.08. The van der Waals surface area contributed by atoms with Gasteiger partial charge in [0.25, 0.3) is 0 Å². The van der Waals surface area contributed by atoms with Crippen molar-refractivity contribution < 1.29 is 0 Å². The molecule has 1 saturated carbocycles. The first-order chi connectivity index (χ1) is 9.11. The molecule has 1 aromatic rings. The smallest absolute Gasteiger partial charge is 0.191 e. The highest BCUT2D eigenvalue weighted by Crippen LogP contribution is 2.47. The third-order valence-electron chi connectivity index (χ3n) is 4.04. The van der Waals surface area contributed by atoms with Gasteiger partial charge in [-0.25, -0.2) is 0 Å². The predicted octanol–water partition coefficient (Wildman–Crippen LogP) is 3.59. The maximum absolute atomic E-state index is 6.08. The lowest BCUT2D eigenvalue weighted by Gasteiger charge is -2.40. The Hall–Kier alpha value is -0.550. The van der Waals surface area contributed by atoms with Crippen molar-refractivity contribution in [3.05, 3.63) is 20.8 Å². The van der Waals surface area contributed by atoms with Crippen molar-refractivity contribution in [3.8, 4) is 0 Å². The average Bonchev–Trinajstić information content (AvgIpc) is 2.76. The number of rotatable bonds is 5. The average molecular weight is 344 g/mol. The summed E-state index contributed by atoms with van der Waals surface area (Å²) in [6.07, 6.45) is 3.76. The van der Waals surface area contributed by atoms with E-state index < -0.39 is 0 Å². The fourth-order valence-corrected chi connectivity index (χ4v) is 4.19. The molecule has 1 aliphatic carbocycles. The van der Waals surface area contributed by atoms with E-state index >= 15 is 0 Å². The summed E-state index contributed by atoms with van der Waals surface area (Å²) in [7, 11) is 0. The van der Waals surface area contributed by atoms with Crippen molar-refractivity contribution in [1.82, 2.24) is 4.90 Å². The molecular weight excluding hydrogens is 322 g/mol. The van der Waals surface area contributed by atoms with Gasteiger partial charge in [0.05, 0.1) is 10.3 Å². The molecule has 19 heavy (non-hydrogen) atoms. The number of hydrogen-bond acceptors (Lipinski definition) is 2. The van der Waals surface area contributed by atoms with E-state index in [1.54, 1.807) is 0 Å². The SMILES string of the molecule is CCN(CC)C(N)=NCC1(c2ccc(Br)s2)CCC1. The highest BCUT2D eigenvalue weighted by atomic mass is 79.9. The molecule has 5 heteroatoms. The summed E-state index contributed by atoms with van der Waals surface area (Å²) in [6, 6.07) is 4.37. The summed E-state index contributed by atoms with van der Waals surface area (Å²) in [6.45, 7) is 6.89. The maximum Gasteiger partial charge on any atom is 0.191 e. The number of guanidine groups is 1. The van der Waals surface area contributed by atoms with E-state index in [9.17, 15) is 0 Å². The predicted molar refractivity (Wildman–Crippen MR) is 87.0 cm³/mol. The normalized spacial score (nSPS) is 18.2. The van der Waals surface area contributed by atoms with Crippen molar-refractivity contribution in [2.75, 3.05) is 19.6 Å². The minimum absolute atomic E-state index is 0.245. The van der Waals surface area contributed by atoms with Gasteiger partial charge in [0, 0.05) is 23.4 Å². The molecule has 0 atom stereocenters. The van der Waals surface area contributed by atoms with Crippen LogP contribution in [0.15, 0.2) is 20.9 Å². The van der Waals surface area contributed by atoms with E-state index in [2.05, 4.69) is 51.8 Å². The molecule has 1 fully saturated rings. The van der Waals surface area contributed by atoms with Crippen LogP contribution in [-0.4, -0.2) is 30.5 Å². The fourth-order valence-electron chi connectivity index (χ4n) is 2.57. The number of hydrogen-bond donors (Lipinski definition) is 1. The van der Waals surface area contributed by atoms with Crippen molar-refractivity contribution >= 4 is 33.2 Å². The second-order valence-corrected chi connectivity index (χ2v) is 7.55. The summed E-state index contributed by atoms with van der Waals surface area (Å²) in [4.78, 5) is 8.21. The van der Waals surface area contributed by atoms with Crippen molar-refractivity contribution in [2.24, 2.45) is 10.7 Å². The summed E-state index contributed by atoms with van der Waals surface area (Å²) < 4.78 is 1.20. The monoisotopic (exact) mass is 343 g/mol. The molecular formula is C14H22BrN3S. The lowest BCUT2D eigenvalue weighted by Crippen LogP contribution is -2.41. The molecule has 0 aliphatic heterocycles. The Morgan fingerprint density at radius 1 is 1.42 bits per heavy atom. The quantitative estimate of drug-likeness (QED) is 0.655. The van der Waals surface area contributed by atoms with E-state index in [-0.39, 0.29) is 5.41 Å². The molecule has 1 aliphatic rings.